The minimum Gasteiger partial charge on any atom is -0.507 e. The molecule has 0 aromatic heterocycles. The van der Waals surface area contributed by atoms with Gasteiger partial charge >= 0.3 is 6.09 Å². The molecule has 0 bridgehead atoms. The van der Waals surface area contributed by atoms with E-state index in [-0.39, 0.29) is 11.3 Å². The van der Waals surface area contributed by atoms with Crippen LogP contribution in [0.5, 0.6) is 5.75 Å². The molecule has 1 rings (SSSR count). The van der Waals surface area contributed by atoms with Crippen molar-refractivity contribution in [3.05, 3.63) is 33.9 Å². The van der Waals surface area contributed by atoms with Crippen LogP contribution < -0.4 is 5.32 Å². The average molecular weight is 268 g/mol. The maximum atomic E-state index is 11.5. The fraction of sp³-hybridized carbons (Fsp3) is 0.417. The number of hydrogen-bond donors (Lipinski definition) is 2. The Morgan fingerprint density at radius 3 is 2.58 bits per heavy atom. The largest absolute Gasteiger partial charge is 0.507 e. The van der Waals surface area contributed by atoms with Crippen molar-refractivity contribution in [2.75, 3.05) is 5.32 Å². The third kappa shape index (κ3) is 5.24. The first-order chi connectivity index (χ1) is 8.67. The number of anilines is 1. The van der Waals surface area contributed by atoms with Crippen LogP contribution in [0.3, 0.4) is 0 Å². The first kappa shape index (κ1) is 14.7. The number of nitro groups is 1. The summed E-state index contributed by atoms with van der Waals surface area (Å²) < 4.78 is 5.04. The van der Waals surface area contributed by atoms with Crippen LogP contribution in [0.1, 0.15) is 26.3 Å². The second kappa shape index (κ2) is 5.55. The molecule has 1 aromatic carbocycles. The van der Waals surface area contributed by atoms with Gasteiger partial charge in [-0.05, 0) is 32.9 Å². The predicted molar refractivity (Wildman–Crippen MR) is 68.7 cm³/mol. The lowest BCUT2D eigenvalue weighted by Gasteiger charge is -2.19. The summed E-state index contributed by atoms with van der Waals surface area (Å²) in [5.74, 6) is -0.245. The minimum atomic E-state index is -0.658. The van der Waals surface area contributed by atoms with Gasteiger partial charge in [-0.1, -0.05) is 0 Å². The highest BCUT2D eigenvalue weighted by molar-refractivity contribution is 5.85. The van der Waals surface area contributed by atoms with E-state index in [1.807, 2.05) is 0 Å². The molecule has 0 heterocycles. The van der Waals surface area contributed by atoms with E-state index in [0.29, 0.717) is 5.69 Å². The van der Waals surface area contributed by atoms with Crippen molar-refractivity contribution in [3.8, 4) is 5.75 Å². The highest BCUT2D eigenvalue weighted by atomic mass is 16.6. The van der Waals surface area contributed by atoms with Crippen LogP contribution in [0.4, 0.5) is 10.5 Å². The molecule has 1 aromatic rings. The van der Waals surface area contributed by atoms with Gasteiger partial charge in [-0.3, -0.25) is 15.4 Å². The summed E-state index contributed by atoms with van der Waals surface area (Å²) in [6, 6.07) is 4.08. The van der Waals surface area contributed by atoms with Gasteiger partial charge in [0, 0.05) is 16.7 Å². The zero-order valence-electron chi connectivity index (χ0n) is 11.0. The van der Waals surface area contributed by atoms with Gasteiger partial charge < -0.3 is 9.84 Å². The molecule has 19 heavy (non-hydrogen) atoms. The lowest BCUT2D eigenvalue weighted by atomic mass is 10.2. The molecule has 0 radical (unpaired) electrons. The fourth-order valence-electron chi connectivity index (χ4n) is 1.34. The van der Waals surface area contributed by atoms with E-state index in [1.165, 1.54) is 18.2 Å². The number of aromatic hydroxyl groups is 1. The Labute approximate surface area is 110 Å². The van der Waals surface area contributed by atoms with Gasteiger partial charge in [0.1, 0.15) is 11.4 Å². The monoisotopic (exact) mass is 268 g/mol. The first-order valence-corrected chi connectivity index (χ1v) is 5.61. The number of benzene rings is 1. The Bertz CT molecular complexity index is 493. The summed E-state index contributed by atoms with van der Waals surface area (Å²) in [6.45, 7) is 4.71. The molecule has 0 fully saturated rings. The van der Waals surface area contributed by atoms with Crippen molar-refractivity contribution in [1.29, 1.82) is 0 Å². The predicted octanol–water partition coefficient (Wildman–Crippen LogP) is 2.52. The molecule has 0 aliphatic rings. The summed E-state index contributed by atoms with van der Waals surface area (Å²) in [6.07, 6.45) is -0.658. The van der Waals surface area contributed by atoms with Crippen molar-refractivity contribution in [2.45, 2.75) is 32.9 Å². The van der Waals surface area contributed by atoms with E-state index in [4.69, 9.17) is 4.74 Å². The smallest absolute Gasteiger partial charge is 0.412 e. The molecule has 0 saturated heterocycles. The molecule has 0 spiro atoms. The number of nitrogens with one attached hydrogen (secondary N) is 1. The van der Waals surface area contributed by atoms with Crippen molar-refractivity contribution in [3.63, 3.8) is 0 Å². The standard InChI is InChI=1S/C12H16N2O5/c1-12(2,3)19-11(16)13-9-5-4-8(7-14(17)18)10(15)6-9/h4-6,15H,7H2,1-3H3,(H,13,16). The van der Waals surface area contributed by atoms with Gasteiger partial charge in [0.25, 0.3) is 0 Å². The van der Waals surface area contributed by atoms with Crippen molar-refractivity contribution >= 4 is 11.8 Å². The van der Waals surface area contributed by atoms with Gasteiger partial charge in [-0.15, -0.1) is 0 Å². The second-order valence-corrected chi connectivity index (χ2v) is 4.96. The van der Waals surface area contributed by atoms with Crippen molar-refractivity contribution in [2.24, 2.45) is 0 Å². The number of phenols is 1. The molecule has 0 unspecified atom stereocenters. The number of carbonyl (C=O) groups is 1. The maximum Gasteiger partial charge on any atom is 0.412 e. The number of carbonyl (C=O) groups excluding carboxylic acids is 1. The molecular formula is C12H16N2O5. The Morgan fingerprint density at radius 2 is 2.11 bits per heavy atom. The normalized spacial score (nSPS) is 10.9. The maximum absolute atomic E-state index is 11.5. The number of phenolic OH excluding ortho intramolecular Hbond substituents is 1. The molecule has 7 heteroatoms. The second-order valence-electron chi connectivity index (χ2n) is 4.96. The highest BCUT2D eigenvalue weighted by Crippen LogP contribution is 2.23. The molecule has 104 valence electrons. The number of ether oxygens (including phenoxy) is 1. The van der Waals surface area contributed by atoms with Crippen molar-refractivity contribution < 1.29 is 19.6 Å². The van der Waals surface area contributed by atoms with E-state index in [0.717, 1.165) is 0 Å². The molecule has 0 saturated carbocycles. The summed E-state index contributed by atoms with van der Waals surface area (Å²) in [5, 5.41) is 22.4. The number of rotatable bonds is 3. The van der Waals surface area contributed by atoms with Crippen LogP contribution in [0.15, 0.2) is 18.2 Å². The van der Waals surface area contributed by atoms with Crippen LogP contribution in [0.25, 0.3) is 0 Å². The molecule has 2 N–H and O–H groups in total. The summed E-state index contributed by atoms with van der Waals surface area (Å²) >= 11 is 0. The summed E-state index contributed by atoms with van der Waals surface area (Å²) in [4.78, 5) is 21.3. The van der Waals surface area contributed by atoms with Crippen LogP contribution in [-0.2, 0) is 11.3 Å². The minimum absolute atomic E-state index is 0.180. The zero-order chi connectivity index (χ0) is 14.6. The van der Waals surface area contributed by atoms with Gasteiger partial charge in [0.15, 0.2) is 0 Å². The van der Waals surface area contributed by atoms with E-state index < -0.39 is 23.2 Å². The van der Waals surface area contributed by atoms with E-state index in [1.54, 1.807) is 20.8 Å². The van der Waals surface area contributed by atoms with Gasteiger partial charge in [-0.25, -0.2) is 4.79 Å². The van der Waals surface area contributed by atoms with Crippen LogP contribution in [0, 0.1) is 10.1 Å². The highest BCUT2D eigenvalue weighted by Gasteiger charge is 2.17. The van der Waals surface area contributed by atoms with E-state index in [2.05, 4.69) is 5.32 Å². The van der Waals surface area contributed by atoms with Gasteiger partial charge in [-0.2, -0.15) is 0 Å². The van der Waals surface area contributed by atoms with E-state index >= 15 is 0 Å². The topological polar surface area (TPSA) is 102 Å². The Kier molecular flexibility index (Phi) is 4.31. The fourth-order valence-corrected chi connectivity index (χ4v) is 1.34. The molecule has 0 atom stereocenters. The molecule has 0 aliphatic carbocycles. The van der Waals surface area contributed by atoms with Crippen LogP contribution in [0.2, 0.25) is 0 Å². The molecule has 0 aliphatic heterocycles. The van der Waals surface area contributed by atoms with Gasteiger partial charge in [0.05, 0.1) is 5.56 Å². The van der Waals surface area contributed by atoms with Crippen LogP contribution >= 0.6 is 0 Å². The molecule has 1 amide bonds. The third-order valence-electron chi connectivity index (χ3n) is 2.03. The number of hydrogen-bond acceptors (Lipinski definition) is 5. The Hall–Kier alpha value is -2.31. The number of nitrogens with zero attached hydrogens (tertiary/aromatic N) is 1. The Morgan fingerprint density at radius 1 is 1.47 bits per heavy atom. The summed E-state index contributed by atoms with van der Waals surface area (Å²) in [5.41, 5.74) is -0.142. The lowest BCUT2D eigenvalue weighted by Crippen LogP contribution is -2.27. The average Bonchev–Trinajstić information content (AvgIpc) is 2.18. The third-order valence-corrected chi connectivity index (χ3v) is 2.03. The lowest BCUT2D eigenvalue weighted by molar-refractivity contribution is -0.496. The SMILES string of the molecule is CC(C)(C)OC(=O)Nc1ccc(C[N+](=O)[O-])c(O)c1. The Balaban J connectivity index is 2.73. The molecular weight excluding hydrogens is 252 g/mol. The molecule has 7 nitrogen and oxygen atoms in total. The first-order valence-electron chi connectivity index (χ1n) is 5.61. The van der Waals surface area contributed by atoms with E-state index in [9.17, 15) is 20.0 Å². The van der Waals surface area contributed by atoms with Crippen molar-refractivity contribution in [1.82, 2.24) is 0 Å². The zero-order valence-corrected chi connectivity index (χ0v) is 11.0. The summed E-state index contributed by atoms with van der Waals surface area (Å²) in [7, 11) is 0. The van der Waals surface area contributed by atoms with Crippen LogP contribution in [-0.4, -0.2) is 21.7 Å². The quantitative estimate of drug-likeness (QED) is 0.647. The van der Waals surface area contributed by atoms with Gasteiger partial charge in [0.2, 0.25) is 6.54 Å². The number of amides is 1.